The SMILES string of the molecule is CC(C)N1CCN(c2nnc(C(=O)N3CCN(CC(=O)N4CCCC4)CC3)c3ccccc23)CC1. The molecule has 9 heteroatoms. The van der Waals surface area contributed by atoms with Crippen LogP contribution in [0.3, 0.4) is 0 Å². The normalized spacial score (nSPS) is 20.3. The molecular formula is C26H37N7O2. The summed E-state index contributed by atoms with van der Waals surface area (Å²) < 4.78 is 0. The van der Waals surface area contributed by atoms with E-state index in [0.29, 0.717) is 44.5 Å². The van der Waals surface area contributed by atoms with Crippen LogP contribution in [-0.4, -0.2) is 120 Å². The van der Waals surface area contributed by atoms with Gasteiger partial charge in [0.25, 0.3) is 5.91 Å². The first kappa shape index (κ1) is 23.9. The van der Waals surface area contributed by atoms with Gasteiger partial charge < -0.3 is 14.7 Å². The van der Waals surface area contributed by atoms with Crippen LogP contribution in [0.25, 0.3) is 10.8 Å². The van der Waals surface area contributed by atoms with Crippen LogP contribution in [0.4, 0.5) is 5.82 Å². The Balaban J connectivity index is 1.26. The minimum atomic E-state index is -0.0737. The maximum atomic E-state index is 13.5. The Morgan fingerprint density at radius 3 is 2.11 bits per heavy atom. The van der Waals surface area contributed by atoms with Gasteiger partial charge in [-0.25, -0.2) is 0 Å². The summed E-state index contributed by atoms with van der Waals surface area (Å²) in [6.07, 6.45) is 2.21. The van der Waals surface area contributed by atoms with E-state index in [0.717, 1.165) is 68.7 Å². The molecule has 0 atom stereocenters. The van der Waals surface area contributed by atoms with Crippen molar-refractivity contribution in [2.24, 2.45) is 0 Å². The van der Waals surface area contributed by atoms with Gasteiger partial charge in [0.15, 0.2) is 11.5 Å². The van der Waals surface area contributed by atoms with Gasteiger partial charge in [-0.15, -0.1) is 10.2 Å². The van der Waals surface area contributed by atoms with Gasteiger partial charge in [-0.1, -0.05) is 24.3 Å². The van der Waals surface area contributed by atoms with Crippen molar-refractivity contribution in [2.45, 2.75) is 32.7 Å². The van der Waals surface area contributed by atoms with Crippen LogP contribution >= 0.6 is 0 Å². The summed E-state index contributed by atoms with van der Waals surface area (Å²) in [6.45, 7) is 13.1. The molecule has 35 heavy (non-hydrogen) atoms. The van der Waals surface area contributed by atoms with E-state index in [9.17, 15) is 9.59 Å². The molecule has 0 radical (unpaired) electrons. The van der Waals surface area contributed by atoms with E-state index in [2.05, 4.69) is 38.7 Å². The highest BCUT2D eigenvalue weighted by atomic mass is 16.2. The number of benzene rings is 1. The molecular weight excluding hydrogens is 442 g/mol. The van der Waals surface area contributed by atoms with E-state index in [4.69, 9.17) is 0 Å². The lowest BCUT2D eigenvalue weighted by molar-refractivity contribution is -0.131. The summed E-state index contributed by atoms with van der Waals surface area (Å²) in [5.41, 5.74) is 0.423. The second kappa shape index (κ2) is 10.5. The Kier molecular flexibility index (Phi) is 7.15. The quantitative estimate of drug-likeness (QED) is 0.644. The summed E-state index contributed by atoms with van der Waals surface area (Å²) in [6, 6.07) is 8.53. The molecule has 0 aliphatic carbocycles. The molecule has 2 aromatic rings. The summed E-state index contributed by atoms with van der Waals surface area (Å²) in [7, 11) is 0. The van der Waals surface area contributed by atoms with E-state index >= 15 is 0 Å². The fourth-order valence-corrected chi connectivity index (χ4v) is 5.45. The molecule has 5 rings (SSSR count). The lowest BCUT2D eigenvalue weighted by Crippen LogP contribution is -2.51. The highest BCUT2D eigenvalue weighted by Gasteiger charge is 2.29. The number of carbonyl (C=O) groups excluding carboxylic acids is 2. The number of hydrogen-bond acceptors (Lipinski definition) is 7. The fourth-order valence-electron chi connectivity index (χ4n) is 5.45. The maximum Gasteiger partial charge on any atom is 0.275 e. The number of anilines is 1. The third-order valence-corrected chi connectivity index (χ3v) is 7.69. The zero-order valence-corrected chi connectivity index (χ0v) is 21.0. The smallest absolute Gasteiger partial charge is 0.275 e. The molecule has 2 amide bonds. The van der Waals surface area contributed by atoms with E-state index in [1.807, 2.05) is 34.1 Å². The van der Waals surface area contributed by atoms with E-state index in [1.54, 1.807) is 0 Å². The lowest BCUT2D eigenvalue weighted by Gasteiger charge is -2.37. The molecule has 3 aliphatic rings. The van der Waals surface area contributed by atoms with Crippen LogP contribution in [0, 0.1) is 0 Å². The number of carbonyl (C=O) groups is 2. The number of rotatable bonds is 5. The van der Waals surface area contributed by atoms with Crippen molar-refractivity contribution in [1.82, 2.24) is 29.8 Å². The average Bonchev–Trinajstić information content (AvgIpc) is 3.44. The number of likely N-dealkylation sites (tertiary alicyclic amines) is 1. The number of nitrogens with zero attached hydrogens (tertiary/aromatic N) is 7. The van der Waals surface area contributed by atoms with Gasteiger partial charge in [-0.2, -0.15) is 0 Å². The first-order valence-corrected chi connectivity index (χ1v) is 13.0. The van der Waals surface area contributed by atoms with Gasteiger partial charge in [-0.05, 0) is 26.7 Å². The first-order chi connectivity index (χ1) is 17.0. The van der Waals surface area contributed by atoms with Crippen LogP contribution in [0.1, 0.15) is 37.2 Å². The summed E-state index contributed by atoms with van der Waals surface area (Å²) in [5, 5.41) is 10.9. The van der Waals surface area contributed by atoms with Crippen molar-refractivity contribution >= 4 is 28.4 Å². The van der Waals surface area contributed by atoms with E-state index in [1.165, 1.54) is 0 Å². The second-order valence-electron chi connectivity index (χ2n) is 10.2. The minimum absolute atomic E-state index is 0.0737. The second-order valence-corrected chi connectivity index (χ2v) is 10.2. The van der Waals surface area contributed by atoms with Gasteiger partial charge in [0.2, 0.25) is 5.91 Å². The predicted octanol–water partition coefficient (Wildman–Crippen LogP) is 1.54. The molecule has 0 N–H and O–H groups in total. The first-order valence-electron chi connectivity index (χ1n) is 13.0. The van der Waals surface area contributed by atoms with Crippen molar-refractivity contribution < 1.29 is 9.59 Å². The van der Waals surface area contributed by atoms with E-state index < -0.39 is 0 Å². The highest BCUT2D eigenvalue weighted by Crippen LogP contribution is 2.27. The Morgan fingerprint density at radius 2 is 1.46 bits per heavy atom. The average molecular weight is 480 g/mol. The van der Waals surface area contributed by atoms with Crippen molar-refractivity contribution in [3.8, 4) is 0 Å². The standard InChI is InChI=1S/C26H37N7O2/c1-20(2)30-15-17-32(18-16-30)25-22-8-4-3-7-21(22)24(27-28-25)26(35)33-13-11-29(12-14-33)19-23(34)31-9-5-6-10-31/h3-4,7-8,20H,5-6,9-19H2,1-2H3. The van der Waals surface area contributed by atoms with Crippen molar-refractivity contribution in [1.29, 1.82) is 0 Å². The number of amides is 2. The number of hydrogen-bond donors (Lipinski definition) is 0. The molecule has 3 saturated heterocycles. The third kappa shape index (κ3) is 5.11. The fraction of sp³-hybridized carbons (Fsp3) is 0.615. The highest BCUT2D eigenvalue weighted by molar-refractivity contribution is 6.07. The molecule has 0 spiro atoms. The van der Waals surface area contributed by atoms with Crippen LogP contribution in [0.5, 0.6) is 0 Å². The van der Waals surface area contributed by atoms with Crippen molar-refractivity contribution in [3.63, 3.8) is 0 Å². The predicted molar refractivity (Wildman–Crippen MR) is 137 cm³/mol. The van der Waals surface area contributed by atoms with Gasteiger partial charge in [0.1, 0.15) is 0 Å². The molecule has 0 unspecified atom stereocenters. The van der Waals surface area contributed by atoms with Crippen molar-refractivity contribution in [3.05, 3.63) is 30.0 Å². The largest absolute Gasteiger partial charge is 0.352 e. The Hall–Kier alpha value is -2.78. The van der Waals surface area contributed by atoms with Gasteiger partial charge >= 0.3 is 0 Å². The zero-order valence-electron chi connectivity index (χ0n) is 21.0. The van der Waals surface area contributed by atoms with Gasteiger partial charge in [0.05, 0.1) is 6.54 Å². The van der Waals surface area contributed by atoms with Crippen LogP contribution in [0.2, 0.25) is 0 Å². The Morgan fingerprint density at radius 1 is 0.800 bits per heavy atom. The topological polar surface area (TPSA) is 76.1 Å². The Bertz CT molecular complexity index is 1050. The summed E-state index contributed by atoms with van der Waals surface area (Å²) >= 11 is 0. The van der Waals surface area contributed by atoms with Crippen molar-refractivity contribution in [2.75, 3.05) is 76.9 Å². The molecule has 9 nitrogen and oxygen atoms in total. The molecule has 1 aromatic carbocycles. The monoisotopic (exact) mass is 479 g/mol. The molecule has 3 aliphatic heterocycles. The molecule has 0 bridgehead atoms. The number of fused-ring (bicyclic) bond motifs is 1. The zero-order chi connectivity index (χ0) is 24.4. The molecule has 0 saturated carbocycles. The summed E-state index contributed by atoms with van der Waals surface area (Å²) in [5.74, 6) is 1.00. The summed E-state index contributed by atoms with van der Waals surface area (Å²) in [4.78, 5) is 36.7. The molecule has 1 aromatic heterocycles. The van der Waals surface area contributed by atoms with E-state index in [-0.39, 0.29) is 11.8 Å². The lowest BCUT2D eigenvalue weighted by atomic mass is 10.1. The number of piperazine rings is 2. The van der Waals surface area contributed by atoms with Gasteiger partial charge in [0, 0.05) is 82.3 Å². The van der Waals surface area contributed by atoms with Crippen LogP contribution in [0.15, 0.2) is 24.3 Å². The van der Waals surface area contributed by atoms with Crippen LogP contribution < -0.4 is 4.90 Å². The van der Waals surface area contributed by atoms with Gasteiger partial charge in [-0.3, -0.25) is 19.4 Å². The maximum absolute atomic E-state index is 13.5. The molecule has 4 heterocycles. The van der Waals surface area contributed by atoms with Crippen LogP contribution in [-0.2, 0) is 4.79 Å². The number of aromatic nitrogens is 2. The molecule has 188 valence electrons. The third-order valence-electron chi connectivity index (χ3n) is 7.69. The minimum Gasteiger partial charge on any atom is -0.352 e. The molecule has 3 fully saturated rings. The Labute approximate surface area is 207 Å².